The molecule has 0 heterocycles. The molecule has 5 rings (SSSR count). The summed E-state index contributed by atoms with van der Waals surface area (Å²) >= 11 is 0. The van der Waals surface area contributed by atoms with Crippen molar-refractivity contribution in [3.63, 3.8) is 0 Å². The number of rotatable bonds is 8. The largest absolute Gasteiger partial charge is 0.480 e. The fraction of sp³-hybridized carbons (Fsp3) is 0.464. The molecule has 3 N–H and O–H groups in total. The highest BCUT2D eigenvalue weighted by Gasteiger charge is 2.36. The number of carboxylic acids is 1. The second-order valence-corrected chi connectivity index (χ2v) is 10.0. The number of alkyl carbamates (subject to hydrolysis) is 1. The van der Waals surface area contributed by atoms with E-state index in [1.165, 1.54) is 11.1 Å². The number of carbonyl (C=O) groups excluding carboxylic acids is 2. The molecule has 3 atom stereocenters. The van der Waals surface area contributed by atoms with E-state index >= 15 is 0 Å². The predicted octanol–water partition coefficient (Wildman–Crippen LogP) is 4.45. The normalized spacial score (nSPS) is 21.9. The van der Waals surface area contributed by atoms with Crippen LogP contribution in [0.5, 0.6) is 0 Å². The summed E-state index contributed by atoms with van der Waals surface area (Å²) in [5, 5.41) is 15.2. The lowest BCUT2D eigenvalue weighted by Crippen LogP contribution is -2.52. The number of hydrogen-bond acceptors (Lipinski definition) is 4. The van der Waals surface area contributed by atoms with Crippen molar-refractivity contribution in [2.24, 2.45) is 11.8 Å². The highest BCUT2D eigenvalue weighted by Crippen LogP contribution is 2.44. The van der Waals surface area contributed by atoms with Crippen LogP contribution in [0.25, 0.3) is 11.1 Å². The molecule has 0 aliphatic heterocycles. The van der Waals surface area contributed by atoms with E-state index in [0.29, 0.717) is 25.2 Å². The maximum Gasteiger partial charge on any atom is 0.407 e. The minimum absolute atomic E-state index is 0.0302. The Morgan fingerprint density at radius 2 is 1.54 bits per heavy atom. The van der Waals surface area contributed by atoms with Gasteiger partial charge in [-0.3, -0.25) is 4.79 Å². The van der Waals surface area contributed by atoms with Crippen molar-refractivity contribution in [2.45, 2.75) is 62.9 Å². The van der Waals surface area contributed by atoms with Crippen LogP contribution < -0.4 is 10.6 Å². The highest BCUT2D eigenvalue weighted by atomic mass is 16.5. The number of fused-ring (bicyclic) bond motifs is 3. The molecule has 3 aliphatic carbocycles. The van der Waals surface area contributed by atoms with Gasteiger partial charge in [0.05, 0.1) is 5.92 Å². The molecule has 0 saturated heterocycles. The SMILES string of the molecule is O=C(N[C@H]1CCCC[C@H]1C(=O)NC(CC1CC1)C(=O)O)OCC1c2ccccc2-c2ccccc21. The van der Waals surface area contributed by atoms with E-state index in [2.05, 4.69) is 34.9 Å². The third-order valence-electron chi connectivity index (χ3n) is 7.63. The summed E-state index contributed by atoms with van der Waals surface area (Å²) in [6, 6.07) is 15.1. The molecule has 2 aromatic carbocycles. The number of benzene rings is 2. The Morgan fingerprint density at radius 1 is 0.914 bits per heavy atom. The van der Waals surface area contributed by atoms with Gasteiger partial charge in [-0.05, 0) is 47.4 Å². The van der Waals surface area contributed by atoms with Gasteiger partial charge in [-0.1, -0.05) is 74.2 Å². The minimum Gasteiger partial charge on any atom is -0.480 e. The molecule has 2 aromatic rings. The van der Waals surface area contributed by atoms with Gasteiger partial charge in [-0.25, -0.2) is 9.59 Å². The van der Waals surface area contributed by atoms with Crippen LogP contribution in [0.15, 0.2) is 48.5 Å². The molecular formula is C28H32N2O5. The number of hydrogen-bond donors (Lipinski definition) is 3. The topological polar surface area (TPSA) is 105 Å². The molecule has 0 bridgehead atoms. The number of carbonyl (C=O) groups is 3. The summed E-state index contributed by atoms with van der Waals surface area (Å²) in [6.07, 6.45) is 5.05. The summed E-state index contributed by atoms with van der Waals surface area (Å²) in [4.78, 5) is 37.4. The summed E-state index contributed by atoms with van der Waals surface area (Å²) in [5.74, 6) is -1.39. The molecule has 3 aliphatic rings. The highest BCUT2D eigenvalue weighted by molar-refractivity contribution is 5.86. The molecule has 7 nitrogen and oxygen atoms in total. The third kappa shape index (κ3) is 5.19. The van der Waals surface area contributed by atoms with Crippen LogP contribution in [0, 0.1) is 11.8 Å². The van der Waals surface area contributed by atoms with E-state index in [0.717, 1.165) is 36.8 Å². The Labute approximate surface area is 205 Å². The minimum atomic E-state index is -0.998. The first-order valence-corrected chi connectivity index (χ1v) is 12.7. The zero-order valence-electron chi connectivity index (χ0n) is 19.7. The van der Waals surface area contributed by atoms with Crippen LogP contribution in [0.3, 0.4) is 0 Å². The zero-order chi connectivity index (χ0) is 24.4. The average molecular weight is 477 g/mol. The van der Waals surface area contributed by atoms with Crippen LogP contribution in [0.4, 0.5) is 4.79 Å². The Hall–Kier alpha value is -3.35. The van der Waals surface area contributed by atoms with Gasteiger partial charge in [0.15, 0.2) is 0 Å². The van der Waals surface area contributed by atoms with Crippen molar-refractivity contribution in [1.82, 2.24) is 10.6 Å². The van der Waals surface area contributed by atoms with Gasteiger partial charge in [-0.15, -0.1) is 0 Å². The number of aliphatic carboxylic acids is 1. The standard InChI is InChI=1S/C28H32N2O5/c31-26(29-25(27(32)33)15-17-13-14-17)22-11-5-6-12-24(22)30-28(34)35-16-23-20-9-3-1-7-18(20)19-8-2-4-10-21(19)23/h1-4,7-10,17,22-25H,5-6,11-16H2,(H,29,31)(H,30,34)(H,32,33)/t22-,24+,25?/m1/s1. The van der Waals surface area contributed by atoms with Gasteiger partial charge in [0, 0.05) is 12.0 Å². The van der Waals surface area contributed by atoms with Crippen molar-refractivity contribution in [1.29, 1.82) is 0 Å². The Morgan fingerprint density at radius 3 is 2.17 bits per heavy atom. The van der Waals surface area contributed by atoms with Crippen LogP contribution in [-0.4, -0.2) is 41.8 Å². The van der Waals surface area contributed by atoms with E-state index in [4.69, 9.17) is 4.74 Å². The fourth-order valence-corrected chi connectivity index (χ4v) is 5.60. The van der Waals surface area contributed by atoms with Gasteiger partial charge in [0.2, 0.25) is 5.91 Å². The van der Waals surface area contributed by atoms with E-state index in [1.807, 2.05) is 24.3 Å². The quantitative estimate of drug-likeness (QED) is 0.522. The molecule has 0 radical (unpaired) electrons. The molecule has 1 unspecified atom stereocenters. The Balaban J connectivity index is 1.20. The maximum absolute atomic E-state index is 13.0. The lowest BCUT2D eigenvalue weighted by Gasteiger charge is -2.32. The first-order valence-electron chi connectivity index (χ1n) is 12.7. The number of nitrogens with one attached hydrogen (secondary N) is 2. The summed E-state index contributed by atoms with van der Waals surface area (Å²) < 4.78 is 5.67. The first kappa shape index (κ1) is 23.4. The average Bonchev–Trinajstić information content (AvgIpc) is 3.63. The second kappa shape index (κ2) is 10.1. The monoisotopic (exact) mass is 476 g/mol. The molecule has 2 amide bonds. The van der Waals surface area contributed by atoms with E-state index in [-0.39, 0.29) is 24.5 Å². The zero-order valence-corrected chi connectivity index (χ0v) is 19.7. The summed E-state index contributed by atoms with van der Waals surface area (Å²) in [6.45, 7) is 0.214. The maximum atomic E-state index is 13.0. The van der Waals surface area contributed by atoms with Crippen LogP contribution in [0.1, 0.15) is 62.0 Å². The molecule has 35 heavy (non-hydrogen) atoms. The Bertz CT molecular complexity index is 1070. The molecule has 2 saturated carbocycles. The van der Waals surface area contributed by atoms with Gasteiger partial charge in [-0.2, -0.15) is 0 Å². The number of amides is 2. The number of carboxylic acid groups (broad SMARTS) is 1. The van der Waals surface area contributed by atoms with Crippen molar-refractivity contribution >= 4 is 18.0 Å². The second-order valence-electron chi connectivity index (χ2n) is 10.0. The first-order chi connectivity index (χ1) is 17.0. The van der Waals surface area contributed by atoms with E-state index in [1.54, 1.807) is 0 Å². The fourth-order valence-electron chi connectivity index (χ4n) is 5.60. The van der Waals surface area contributed by atoms with Gasteiger partial charge in [0.25, 0.3) is 0 Å². The van der Waals surface area contributed by atoms with Gasteiger partial charge >= 0.3 is 12.1 Å². The molecule has 0 spiro atoms. The lowest BCUT2D eigenvalue weighted by atomic mass is 9.83. The van der Waals surface area contributed by atoms with E-state index in [9.17, 15) is 19.5 Å². The van der Waals surface area contributed by atoms with Crippen molar-refractivity contribution in [3.8, 4) is 11.1 Å². The third-order valence-corrected chi connectivity index (χ3v) is 7.63. The molecule has 0 aromatic heterocycles. The van der Waals surface area contributed by atoms with Crippen LogP contribution in [-0.2, 0) is 14.3 Å². The summed E-state index contributed by atoms with van der Waals surface area (Å²) in [7, 11) is 0. The lowest BCUT2D eigenvalue weighted by molar-refractivity contribution is -0.143. The molecule has 7 heteroatoms. The van der Waals surface area contributed by atoms with Crippen LogP contribution >= 0.6 is 0 Å². The van der Waals surface area contributed by atoms with Crippen LogP contribution in [0.2, 0.25) is 0 Å². The molecule has 184 valence electrons. The van der Waals surface area contributed by atoms with Gasteiger partial charge in [0.1, 0.15) is 12.6 Å². The summed E-state index contributed by atoms with van der Waals surface area (Å²) in [5.41, 5.74) is 4.62. The smallest absolute Gasteiger partial charge is 0.407 e. The van der Waals surface area contributed by atoms with E-state index < -0.39 is 24.0 Å². The number of ether oxygens (including phenoxy) is 1. The molecule has 2 fully saturated rings. The van der Waals surface area contributed by atoms with Crippen molar-refractivity contribution in [2.75, 3.05) is 6.61 Å². The predicted molar refractivity (Wildman–Crippen MR) is 131 cm³/mol. The van der Waals surface area contributed by atoms with Gasteiger partial charge < -0.3 is 20.5 Å². The van der Waals surface area contributed by atoms with Crippen molar-refractivity contribution in [3.05, 3.63) is 59.7 Å². The Kier molecular flexibility index (Phi) is 6.75. The van der Waals surface area contributed by atoms with Crippen molar-refractivity contribution < 1.29 is 24.2 Å². The molecular weight excluding hydrogens is 444 g/mol.